The van der Waals surface area contributed by atoms with E-state index in [1.807, 2.05) is 6.92 Å². The number of rotatable bonds is 5. The van der Waals surface area contributed by atoms with Crippen molar-refractivity contribution in [2.45, 2.75) is 33.3 Å². The maximum absolute atomic E-state index is 9.82. The van der Waals surface area contributed by atoms with Gasteiger partial charge in [0.15, 0.2) is 0 Å². The lowest BCUT2D eigenvalue weighted by atomic mass is 9.97. The molecule has 2 heteroatoms. The number of aryl methyl sites for hydroxylation is 2. The number of aliphatic hydroxyl groups excluding tert-OH is 1. The van der Waals surface area contributed by atoms with E-state index in [-0.39, 0.29) is 6.10 Å². The number of hydrogen-bond acceptors (Lipinski definition) is 2. The highest BCUT2D eigenvalue weighted by Crippen LogP contribution is 2.15. The van der Waals surface area contributed by atoms with Gasteiger partial charge in [-0.25, -0.2) is 0 Å². The van der Waals surface area contributed by atoms with Crippen molar-refractivity contribution >= 4 is 0 Å². The first-order chi connectivity index (χ1) is 7.15. The van der Waals surface area contributed by atoms with Crippen molar-refractivity contribution in [3.8, 4) is 0 Å². The third-order valence-corrected chi connectivity index (χ3v) is 2.71. The van der Waals surface area contributed by atoms with Gasteiger partial charge in [0, 0.05) is 13.0 Å². The molecular formula is C13H21NO. The number of hydrogen-bond donors (Lipinski definition) is 2. The summed E-state index contributed by atoms with van der Waals surface area (Å²) < 4.78 is 0. The van der Waals surface area contributed by atoms with Gasteiger partial charge in [-0.15, -0.1) is 0 Å². The van der Waals surface area contributed by atoms with Crippen molar-refractivity contribution in [3.05, 3.63) is 34.9 Å². The smallest absolute Gasteiger partial charge is 0.0705 e. The maximum Gasteiger partial charge on any atom is 0.0705 e. The molecule has 0 aliphatic carbocycles. The molecule has 1 rings (SSSR count). The normalized spacial score (nSPS) is 12.8. The summed E-state index contributed by atoms with van der Waals surface area (Å²) in [5.74, 6) is 0. The Balaban J connectivity index is 2.63. The Hall–Kier alpha value is -0.860. The Labute approximate surface area is 92.3 Å². The lowest BCUT2D eigenvalue weighted by molar-refractivity contribution is 0.172. The predicted molar refractivity (Wildman–Crippen MR) is 64.2 cm³/mol. The second kappa shape index (κ2) is 5.89. The summed E-state index contributed by atoms with van der Waals surface area (Å²) in [5, 5.41) is 13.0. The highest BCUT2D eigenvalue weighted by Gasteiger charge is 2.08. The van der Waals surface area contributed by atoms with Gasteiger partial charge in [-0.3, -0.25) is 0 Å². The SMILES string of the molecule is CCNCC(O)Cc1c(C)cccc1C. The number of benzene rings is 1. The Morgan fingerprint density at radius 1 is 1.27 bits per heavy atom. The molecule has 0 amide bonds. The summed E-state index contributed by atoms with van der Waals surface area (Å²) in [6.45, 7) is 7.82. The molecule has 1 aromatic carbocycles. The number of likely N-dealkylation sites (N-methyl/N-ethyl adjacent to an activating group) is 1. The van der Waals surface area contributed by atoms with E-state index in [0.717, 1.165) is 13.0 Å². The van der Waals surface area contributed by atoms with E-state index in [4.69, 9.17) is 0 Å². The topological polar surface area (TPSA) is 32.3 Å². The Kier molecular flexibility index (Phi) is 4.79. The zero-order valence-electron chi connectivity index (χ0n) is 9.88. The molecule has 0 aromatic heterocycles. The van der Waals surface area contributed by atoms with Crippen LogP contribution in [0.5, 0.6) is 0 Å². The van der Waals surface area contributed by atoms with Crippen molar-refractivity contribution in [2.75, 3.05) is 13.1 Å². The van der Waals surface area contributed by atoms with E-state index in [1.54, 1.807) is 0 Å². The van der Waals surface area contributed by atoms with Crippen LogP contribution in [0.25, 0.3) is 0 Å². The molecule has 0 aliphatic heterocycles. The van der Waals surface area contributed by atoms with Crippen LogP contribution in [0.4, 0.5) is 0 Å². The first kappa shape index (κ1) is 12.2. The standard InChI is InChI=1S/C13H21NO/c1-4-14-9-12(15)8-13-10(2)6-5-7-11(13)3/h5-7,12,14-15H,4,8-9H2,1-3H3. The fourth-order valence-corrected chi connectivity index (χ4v) is 1.79. The minimum absolute atomic E-state index is 0.287. The third kappa shape index (κ3) is 3.65. The molecule has 1 atom stereocenters. The largest absolute Gasteiger partial charge is 0.391 e. The molecule has 0 radical (unpaired) electrons. The molecular weight excluding hydrogens is 186 g/mol. The molecule has 0 heterocycles. The van der Waals surface area contributed by atoms with E-state index >= 15 is 0 Å². The lowest BCUT2D eigenvalue weighted by Gasteiger charge is -2.14. The quantitative estimate of drug-likeness (QED) is 0.772. The summed E-state index contributed by atoms with van der Waals surface area (Å²) in [6, 6.07) is 6.26. The molecule has 2 nitrogen and oxygen atoms in total. The minimum atomic E-state index is -0.287. The number of nitrogens with one attached hydrogen (secondary N) is 1. The molecule has 0 spiro atoms. The summed E-state index contributed by atoms with van der Waals surface area (Å²) in [4.78, 5) is 0. The van der Waals surface area contributed by atoms with Gasteiger partial charge >= 0.3 is 0 Å². The van der Waals surface area contributed by atoms with E-state index < -0.39 is 0 Å². The van der Waals surface area contributed by atoms with Crippen LogP contribution in [0.1, 0.15) is 23.6 Å². The van der Waals surface area contributed by atoms with Crippen LogP contribution in [-0.2, 0) is 6.42 Å². The molecule has 1 unspecified atom stereocenters. The molecule has 84 valence electrons. The van der Waals surface area contributed by atoms with Crippen molar-refractivity contribution in [1.29, 1.82) is 0 Å². The average Bonchev–Trinajstić information content (AvgIpc) is 2.21. The zero-order valence-corrected chi connectivity index (χ0v) is 9.88. The predicted octanol–water partition coefficient (Wildman–Crippen LogP) is 1.82. The Bertz CT molecular complexity index is 289. The Morgan fingerprint density at radius 2 is 1.87 bits per heavy atom. The average molecular weight is 207 g/mol. The van der Waals surface area contributed by atoms with E-state index in [0.29, 0.717) is 6.54 Å². The van der Waals surface area contributed by atoms with E-state index in [9.17, 15) is 5.11 Å². The summed E-state index contributed by atoms with van der Waals surface area (Å²) in [6.07, 6.45) is 0.454. The molecule has 1 aromatic rings. The molecule has 0 fully saturated rings. The number of aliphatic hydroxyl groups is 1. The van der Waals surface area contributed by atoms with Crippen LogP contribution in [0.3, 0.4) is 0 Å². The van der Waals surface area contributed by atoms with Crippen LogP contribution < -0.4 is 5.32 Å². The van der Waals surface area contributed by atoms with Crippen LogP contribution in [0.15, 0.2) is 18.2 Å². The first-order valence-electron chi connectivity index (χ1n) is 5.59. The van der Waals surface area contributed by atoms with Crippen LogP contribution in [0.2, 0.25) is 0 Å². The minimum Gasteiger partial charge on any atom is -0.391 e. The van der Waals surface area contributed by atoms with Crippen molar-refractivity contribution in [3.63, 3.8) is 0 Å². The van der Waals surface area contributed by atoms with Crippen LogP contribution in [-0.4, -0.2) is 24.3 Å². The van der Waals surface area contributed by atoms with Gasteiger partial charge in [0.1, 0.15) is 0 Å². The van der Waals surface area contributed by atoms with Crippen molar-refractivity contribution in [1.82, 2.24) is 5.32 Å². The fraction of sp³-hybridized carbons (Fsp3) is 0.538. The van der Waals surface area contributed by atoms with E-state index in [1.165, 1.54) is 16.7 Å². The van der Waals surface area contributed by atoms with Gasteiger partial charge in [0.25, 0.3) is 0 Å². The van der Waals surface area contributed by atoms with Gasteiger partial charge in [-0.05, 0) is 37.1 Å². The highest BCUT2D eigenvalue weighted by atomic mass is 16.3. The zero-order chi connectivity index (χ0) is 11.3. The van der Waals surface area contributed by atoms with Crippen LogP contribution in [0, 0.1) is 13.8 Å². The molecule has 0 saturated carbocycles. The second-order valence-corrected chi connectivity index (χ2v) is 4.04. The van der Waals surface area contributed by atoms with Crippen molar-refractivity contribution in [2.24, 2.45) is 0 Å². The molecule has 0 bridgehead atoms. The van der Waals surface area contributed by atoms with Gasteiger partial charge < -0.3 is 10.4 Å². The highest BCUT2D eigenvalue weighted by molar-refractivity contribution is 5.33. The lowest BCUT2D eigenvalue weighted by Crippen LogP contribution is -2.28. The van der Waals surface area contributed by atoms with E-state index in [2.05, 4.69) is 37.4 Å². The summed E-state index contributed by atoms with van der Waals surface area (Å²) in [5.41, 5.74) is 3.82. The third-order valence-electron chi connectivity index (χ3n) is 2.71. The summed E-state index contributed by atoms with van der Waals surface area (Å²) >= 11 is 0. The van der Waals surface area contributed by atoms with Crippen molar-refractivity contribution < 1.29 is 5.11 Å². The molecule has 2 N–H and O–H groups in total. The van der Waals surface area contributed by atoms with Gasteiger partial charge in [0.2, 0.25) is 0 Å². The monoisotopic (exact) mass is 207 g/mol. The fourth-order valence-electron chi connectivity index (χ4n) is 1.79. The summed E-state index contributed by atoms with van der Waals surface area (Å²) in [7, 11) is 0. The maximum atomic E-state index is 9.82. The van der Waals surface area contributed by atoms with Gasteiger partial charge in [0.05, 0.1) is 6.10 Å². The first-order valence-corrected chi connectivity index (χ1v) is 5.59. The van der Waals surface area contributed by atoms with Gasteiger partial charge in [-0.1, -0.05) is 25.1 Å². The second-order valence-electron chi connectivity index (χ2n) is 4.04. The molecule has 15 heavy (non-hydrogen) atoms. The van der Waals surface area contributed by atoms with Crippen LogP contribution >= 0.6 is 0 Å². The Morgan fingerprint density at radius 3 is 2.40 bits per heavy atom. The van der Waals surface area contributed by atoms with Gasteiger partial charge in [-0.2, -0.15) is 0 Å². The molecule has 0 aliphatic rings. The molecule has 0 saturated heterocycles.